The molecular weight excluding hydrogens is 353 g/mol. The molecule has 24 heavy (non-hydrogen) atoms. The SMILES string of the molecule is CC(C)(C)OC(=O)c1ncn2c1CN(C(=O)Cl)c1cc(Cl)ccc1-2. The molecule has 1 amide bonds. The summed E-state index contributed by atoms with van der Waals surface area (Å²) in [6, 6.07) is 5.08. The van der Waals surface area contributed by atoms with E-state index >= 15 is 0 Å². The van der Waals surface area contributed by atoms with Crippen LogP contribution in [-0.4, -0.2) is 26.5 Å². The lowest BCUT2D eigenvalue weighted by Gasteiger charge is -2.29. The third-order valence-electron chi connectivity index (χ3n) is 3.47. The number of aromatic nitrogens is 2. The number of anilines is 1. The van der Waals surface area contributed by atoms with Crippen molar-refractivity contribution in [1.82, 2.24) is 9.55 Å². The molecule has 1 aromatic heterocycles. The van der Waals surface area contributed by atoms with Gasteiger partial charge in [0.1, 0.15) is 11.9 Å². The lowest BCUT2D eigenvalue weighted by Crippen LogP contribution is -2.33. The molecule has 2 heterocycles. The average molecular weight is 368 g/mol. The number of rotatable bonds is 1. The van der Waals surface area contributed by atoms with Crippen LogP contribution in [0.25, 0.3) is 5.69 Å². The molecule has 6 nitrogen and oxygen atoms in total. The van der Waals surface area contributed by atoms with Crippen molar-refractivity contribution in [2.45, 2.75) is 32.9 Å². The second-order valence-electron chi connectivity index (χ2n) is 6.38. The number of amides is 1. The summed E-state index contributed by atoms with van der Waals surface area (Å²) in [5.41, 5.74) is 1.27. The van der Waals surface area contributed by atoms with Gasteiger partial charge in [-0.2, -0.15) is 0 Å². The standard InChI is InChI=1S/C16H15Cl2N3O3/c1-16(2,3)24-14(22)13-12-7-20(15(18)23)11-6-9(17)4-5-10(11)21(12)8-19-13/h4-6,8H,7H2,1-3H3. The summed E-state index contributed by atoms with van der Waals surface area (Å²) in [5, 5.41) is -0.186. The predicted molar refractivity (Wildman–Crippen MR) is 91.2 cm³/mol. The zero-order chi connectivity index (χ0) is 17.6. The Morgan fingerprint density at radius 3 is 2.58 bits per heavy atom. The van der Waals surface area contributed by atoms with Gasteiger partial charge < -0.3 is 4.74 Å². The van der Waals surface area contributed by atoms with Gasteiger partial charge in [-0.05, 0) is 50.6 Å². The molecular formula is C16H15Cl2N3O3. The minimum atomic E-state index is -0.666. The summed E-state index contributed by atoms with van der Waals surface area (Å²) < 4.78 is 7.12. The first-order valence-electron chi connectivity index (χ1n) is 7.24. The van der Waals surface area contributed by atoms with Crippen molar-refractivity contribution in [2.24, 2.45) is 0 Å². The molecule has 126 valence electrons. The summed E-state index contributed by atoms with van der Waals surface area (Å²) >= 11 is 11.7. The van der Waals surface area contributed by atoms with Gasteiger partial charge in [0.25, 0.3) is 0 Å². The Labute approximate surface area is 148 Å². The van der Waals surface area contributed by atoms with Crippen LogP contribution in [0, 0.1) is 0 Å². The molecule has 1 aliphatic heterocycles. The van der Waals surface area contributed by atoms with Gasteiger partial charge in [-0.1, -0.05) is 11.6 Å². The smallest absolute Gasteiger partial charge is 0.359 e. The van der Waals surface area contributed by atoms with E-state index in [4.69, 9.17) is 27.9 Å². The van der Waals surface area contributed by atoms with E-state index in [2.05, 4.69) is 4.98 Å². The summed E-state index contributed by atoms with van der Waals surface area (Å²) in [6.07, 6.45) is 1.53. The van der Waals surface area contributed by atoms with Gasteiger partial charge in [0, 0.05) is 5.02 Å². The second kappa shape index (κ2) is 5.79. The van der Waals surface area contributed by atoms with E-state index in [9.17, 15) is 9.59 Å². The molecule has 0 fully saturated rings. The fourth-order valence-electron chi connectivity index (χ4n) is 2.54. The van der Waals surface area contributed by atoms with Gasteiger partial charge in [-0.3, -0.25) is 14.3 Å². The highest BCUT2D eigenvalue weighted by atomic mass is 35.5. The summed E-state index contributed by atoms with van der Waals surface area (Å²) in [5.74, 6) is -0.546. The number of carbonyl (C=O) groups excluding carboxylic acids is 2. The minimum absolute atomic E-state index is 0.101. The van der Waals surface area contributed by atoms with E-state index in [1.165, 1.54) is 11.2 Å². The monoisotopic (exact) mass is 367 g/mol. The molecule has 1 aliphatic rings. The van der Waals surface area contributed by atoms with Crippen molar-refractivity contribution in [3.05, 3.63) is 40.9 Å². The van der Waals surface area contributed by atoms with Crippen molar-refractivity contribution in [3.63, 3.8) is 0 Å². The maximum Gasteiger partial charge on any atom is 0.359 e. The first kappa shape index (κ1) is 16.8. The summed E-state index contributed by atoms with van der Waals surface area (Å²) in [6.45, 7) is 5.43. The van der Waals surface area contributed by atoms with Crippen molar-refractivity contribution in [1.29, 1.82) is 0 Å². The molecule has 0 unspecified atom stereocenters. The van der Waals surface area contributed by atoms with E-state index in [0.29, 0.717) is 22.1 Å². The molecule has 8 heteroatoms. The van der Waals surface area contributed by atoms with Gasteiger partial charge in [0.2, 0.25) is 0 Å². The van der Waals surface area contributed by atoms with Crippen LogP contribution >= 0.6 is 23.2 Å². The Balaban J connectivity index is 2.10. The van der Waals surface area contributed by atoms with Gasteiger partial charge >= 0.3 is 11.3 Å². The number of hydrogen-bond donors (Lipinski definition) is 0. The van der Waals surface area contributed by atoms with Crippen LogP contribution in [0.4, 0.5) is 10.5 Å². The quantitative estimate of drug-likeness (QED) is 0.431. The fraction of sp³-hybridized carbons (Fsp3) is 0.312. The van der Waals surface area contributed by atoms with Crippen LogP contribution in [0.5, 0.6) is 0 Å². The zero-order valence-corrected chi connectivity index (χ0v) is 14.9. The number of imidazole rings is 1. The summed E-state index contributed by atoms with van der Waals surface area (Å²) in [4.78, 5) is 29.7. The number of carbonyl (C=O) groups is 2. The molecule has 2 aromatic rings. The van der Waals surface area contributed by atoms with Crippen LogP contribution in [-0.2, 0) is 11.3 Å². The lowest BCUT2D eigenvalue weighted by molar-refractivity contribution is 0.00620. The molecule has 0 saturated heterocycles. The van der Waals surface area contributed by atoms with Crippen molar-refractivity contribution < 1.29 is 14.3 Å². The second-order valence-corrected chi connectivity index (χ2v) is 7.14. The largest absolute Gasteiger partial charge is 0.455 e. The topological polar surface area (TPSA) is 64.4 Å². The van der Waals surface area contributed by atoms with Crippen LogP contribution in [0.15, 0.2) is 24.5 Å². The molecule has 0 N–H and O–H groups in total. The Hall–Kier alpha value is -2.05. The molecule has 0 aliphatic carbocycles. The third kappa shape index (κ3) is 2.99. The number of esters is 1. The van der Waals surface area contributed by atoms with Crippen molar-refractivity contribution in [3.8, 4) is 5.69 Å². The number of nitrogens with zero attached hydrogens (tertiary/aromatic N) is 3. The minimum Gasteiger partial charge on any atom is -0.455 e. The Kier molecular flexibility index (Phi) is 4.05. The molecule has 1 aromatic carbocycles. The Morgan fingerprint density at radius 2 is 1.96 bits per heavy atom. The number of hydrogen-bond acceptors (Lipinski definition) is 4. The van der Waals surface area contributed by atoms with Gasteiger partial charge in [-0.15, -0.1) is 0 Å². The normalized spacial score (nSPS) is 13.3. The Bertz CT molecular complexity index is 840. The van der Waals surface area contributed by atoms with Crippen LogP contribution < -0.4 is 4.90 Å². The first-order valence-corrected chi connectivity index (χ1v) is 7.99. The van der Waals surface area contributed by atoms with Crippen molar-refractivity contribution in [2.75, 3.05) is 4.90 Å². The highest BCUT2D eigenvalue weighted by Gasteiger charge is 2.32. The van der Waals surface area contributed by atoms with Gasteiger partial charge in [0.05, 0.1) is 23.6 Å². The van der Waals surface area contributed by atoms with E-state index in [1.807, 2.05) is 0 Å². The number of ether oxygens (including phenoxy) is 1. The molecule has 0 atom stereocenters. The van der Waals surface area contributed by atoms with E-state index in [-0.39, 0.29) is 12.2 Å². The Morgan fingerprint density at radius 1 is 1.25 bits per heavy atom. The fourth-order valence-corrected chi connectivity index (χ4v) is 2.85. The summed E-state index contributed by atoms with van der Waals surface area (Å²) in [7, 11) is 0. The predicted octanol–water partition coefficient (Wildman–Crippen LogP) is 4.16. The van der Waals surface area contributed by atoms with Crippen LogP contribution in [0.2, 0.25) is 5.02 Å². The highest BCUT2D eigenvalue weighted by Crippen LogP contribution is 2.36. The van der Waals surface area contributed by atoms with Crippen molar-refractivity contribution >= 4 is 40.2 Å². The third-order valence-corrected chi connectivity index (χ3v) is 3.91. The van der Waals surface area contributed by atoms with Gasteiger partial charge in [-0.25, -0.2) is 9.78 Å². The van der Waals surface area contributed by atoms with E-state index < -0.39 is 16.9 Å². The van der Waals surface area contributed by atoms with E-state index in [1.54, 1.807) is 43.5 Å². The van der Waals surface area contributed by atoms with Crippen LogP contribution in [0.3, 0.4) is 0 Å². The molecule has 3 rings (SSSR count). The van der Waals surface area contributed by atoms with E-state index in [0.717, 1.165) is 0 Å². The maximum atomic E-state index is 12.4. The average Bonchev–Trinajstić information content (AvgIpc) is 2.87. The first-order chi connectivity index (χ1) is 11.2. The molecule has 0 saturated carbocycles. The highest BCUT2D eigenvalue weighted by molar-refractivity contribution is 6.66. The molecule has 0 radical (unpaired) electrons. The zero-order valence-electron chi connectivity index (χ0n) is 13.3. The number of benzene rings is 1. The maximum absolute atomic E-state index is 12.4. The molecule has 0 bridgehead atoms. The number of halogens is 2. The number of fused-ring (bicyclic) bond motifs is 3. The lowest BCUT2D eigenvalue weighted by atomic mass is 10.1. The molecule has 0 spiro atoms. The van der Waals surface area contributed by atoms with Gasteiger partial charge in [0.15, 0.2) is 5.69 Å². The van der Waals surface area contributed by atoms with Crippen LogP contribution in [0.1, 0.15) is 37.0 Å².